The minimum absolute atomic E-state index is 0.146. The van der Waals surface area contributed by atoms with Crippen molar-refractivity contribution in [1.29, 1.82) is 0 Å². The maximum atomic E-state index is 5.40. The third-order valence-electron chi connectivity index (χ3n) is 12.1. The van der Waals surface area contributed by atoms with Crippen LogP contribution in [0.3, 0.4) is 0 Å². The molecule has 4 heteroatoms. The molecule has 4 nitrogen and oxygen atoms in total. The van der Waals surface area contributed by atoms with E-state index in [1.165, 1.54) is 76.4 Å². The molecule has 0 aliphatic carbocycles. The molecule has 0 saturated heterocycles. The first-order chi connectivity index (χ1) is 28.2. The largest absolute Gasteiger partial charge is 0.349 e. The third-order valence-corrected chi connectivity index (χ3v) is 12.1. The topological polar surface area (TPSA) is 25.5 Å². The van der Waals surface area contributed by atoms with Gasteiger partial charge < -0.3 is 14.0 Å². The van der Waals surface area contributed by atoms with Gasteiger partial charge in [0.1, 0.15) is 6.17 Å². The van der Waals surface area contributed by atoms with Crippen molar-refractivity contribution < 1.29 is 0 Å². The molecule has 0 bridgehead atoms. The average Bonchev–Trinajstić information content (AvgIpc) is 3.78. The number of hydrogen-bond acceptors (Lipinski definition) is 2. The molecule has 57 heavy (non-hydrogen) atoms. The van der Waals surface area contributed by atoms with Crippen LogP contribution in [0.5, 0.6) is 0 Å². The Morgan fingerprint density at radius 2 is 1.09 bits per heavy atom. The first-order valence-corrected chi connectivity index (χ1v) is 19.6. The fourth-order valence-electron chi connectivity index (χ4n) is 9.45. The van der Waals surface area contributed by atoms with E-state index in [0.29, 0.717) is 0 Å². The maximum absolute atomic E-state index is 5.40. The molecular weight excluding hydrogens is 693 g/mol. The molecule has 1 aliphatic heterocycles. The molecule has 9 aromatic carbocycles. The molecule has 0 fully saturated rings. The second kappa shape index (κ2) is 12.3. The van der Waals surface area contributed by atoms with Gasteiger partial charge in [-0.05, 0) is 87.8 Å². The highest BCUT2D eigenvalue weighted by atomic mass is 15.2. The second-order valence-corrected chi connectivity index (χ2v) is 15.2. The third kappa shape index (κ3) is 4.77. The van der Waals surface area contributed by atoms with E-state index in [-0.39, 0.29) is 6.17 Å². The molecule has 2 aromatic heterocycles. The number of fused-ring (bicyclic) bond motifs is 10. The minimum Gasteiger partial charge on any atom is -0.349 e. The van der Waals surface area contributed by atoms with Crippen molar-refractivity contribution >= 4 is 76.6 Å². The van der Waals surface area contributed by atoms with Crippen LogP contribution in [0, 0.1) is 0 Å². The molecule has 0 radical (unpaired) electrons. The zero-order valence-electron chi connectivity index (χ0n) is 31.3. The standard InChI is InChI=1S/C53H36N4/c1-55-46-22-12-11-21-43(46)52(35-15-4-2-5-16-35)54-53(55)38-25-24-37-31-40(28-26-36(37)30-38)57-47-23-13-10-20-42(47)44-32-45-50(33-49(44)57)56(39-17-6-3-7-18-39)48-29-27-34-14-8-9-19-41(34)51(45)48/h2-33,53H,1H3. The lowest BCUT2D eigenvalue weighted by Crippen LogP contribution is -2.30. The van der Waals surface area contributed by atoms with Crippen LogP contribution in [0.2, 0.25) is 0 Å². The summed E-state index contributed by atoms with van der Waals surface area (Å²) in [5.74, 6) is 0. The van der Waals surface area contributed by atoms with Crippen LogP contribution in [0.1, 0.15) is 22.9 Å². The van der Waals surface area contributed by atoms with Gasteiger partial charge in [-0.25, -0.2) is 0 Å². The first-order valence-electron chi connectivity index (χ1n) is 19.6. The smallest absolute Gasteiger partial charge is 0.147 e. The SMILES string of the molecule is CN1c2ccccc2C(c2ccccc2)=NC1c1ccc2cc(-n3c4ccccc4c4cc5c6c7ccccc7ccc6n(-c6ccccc6)c5cc43)ccc2c1. The Bertz CT molecular complexity index is 3430. The van der Waals surface area contributed by atoms with Crippen LogP contribution in [0.15, 0.2) is 199 Å². The molecule has 0 N–H and O–H groups in total. The highest BCUT2D eigenvalue weighted by Gasteiger charge is 2.27. The molecule has 268 valence electrons. The fourth-order valence-corrected chi connectivity index (χ4v) is 9.45. The van der Waals surface area contributed by atoms with Gasteiger partial charge in [0.15, 0.2) is 0 Å². The first kappa shape index (κ1) is 31.9. The summed E-state index contributed by atoms with van der Waals surface area (Å²) in [5.41, 5.74) is 12.8. The van der Waals surface area contributed by atoms with Gasteiger partial charge in [0, 0.05) is 56.8 Å². The number of anilines is 1. The number of para-hydroxylation sites is 3. The summed E-state index contributed by atoms with van der Waals surface area (Å²) in [6, 6.07) is 70.7. The molecule has 0 spiro atoms. The van der Waals surface area contributed by atoms with Gasteiger partial charge in [0.05, 0.1) is 27.8 Å². The van der Waals surface area contributed by atoms with E-state index in [0.717, 1.165) is 28.2 Å². The summed E-state index contributed by atoms with van der Waals surface area (Å²) < 4.78 is 4.89. The van der Waals surface area contributed by atoms with Crippen molar-refractivity contribution in [3.63, 3.8) is 0 Å². The Morgan fingerprint density at radius 1 is 0.421 bits per heavy atom. The number of hydrogen-bond donors (Lipinski definition) is 0. The van der Waals surface area contributed by atoms with E-state index >= 15 is 0 Å². The van der Waals surface area contributed by atoms with Crippen molar-refractivity contribution in [2.45, 2.75) is 6.17 Å². The summed E-state index contributed by atoms with van der Waals surface area (Å²) >= 11 is 0. The van der Waals surface area contributed by atoms with Crippen LogP contribution in [-0.4, -0.2) is 21.9 Å². The van der Waals surface area contributed by atoms with E-state index in [4.69, 9.17) is 4.99 Å². The number of nitrogens with zero attached hydrogens (tertiary/aromatic N) is 4. The van der Waals surface area contributed by atoms with Gasteiger partial charge in [0.25, 0.3) is 0 Å². The lowest BCUT2D eigenvalue weighted by Gasteiger charge is -2.34. The van der Waals surface area contributed by atoms with Gasteiger partial charge in [0.2, 0.25) is 0 Å². The summed E-state index contributed by atoms with van der Waals surface area (Å²) in [5, 5.41) is 9.97. The normalized spacial score (nSPS) is 14.3. The highest BCUT2D eigenvalue weighted by Crippen LogP contribution is 2.43. The second-order valence-electron chi connectivity index (χ2n) is 15.2. The zero-order chi connectivity index (χ0) is 37.6. The molecule has 0 saturated carbocycles. The average molecular weight is 729 g/mol. The lowest BCUT2D eigenvalue weighted by atomic mass is 9.96. The van der Waals surface area contributed by atoms with Crippen molar-refractivity contribution in [2.75, 3.05) is 11.9 Å². The van der Waals surface area contributed by atoms with E-state index in [1.54, 1.807) is 0 Å². The Labute approximate surface area is 329 Å². The van der Waals surface area contributed by atoms with Crippen molar-refractivity contribution in [1.82, 2.24) is 9.13 Å². The van der Waals surface area contributed by atoms with Gasteiger partial charge >= 0.3 is 0 Å². The zero-order valence-corrected chi connectivity index (χ0v) is 31.3. The molecular formula is C53H36N4. The maximum Gasteiger partial charge on any atom is 0.147 e. The highest BCUT2D eigenvalue weighted by molar-refractivity contribution is 6.25. The van der Waals surface area contributed by atoms with Crippen LogP contribution in [0.4, 0.5) is 5.69 Å². The van der Waals surface area contributed by atoms with E-state index in [2.05, 4.69) is 215 Å². The summed E-state index contributed by atoms with van der Waals surface area (Å²) in [6.45, 7) is 0. The van der Waals surface area contributed by atoms with E-state index in [1.807, 2.05) is 0 Å². The quantitative estimate of drug-likeness (QED) is 0.177. The minimum atomic E-state index is -0.146. The predicted molar refractivity (Wildman–Crippen MR) is 240 cm³/mol. The number of aliphatic imine (C=N–C) groups is 1. The number of rotatable bonds is 4. The van der Waals surface area contributed by atoms with Crippen LogP contribution in [-0.2, 0) is 0 Å². The van der Waals surface area contributed by atoms with Gasteiger partial charge in [-0.2, -0.15) is 0 Å². The molecule has 3 heterocycles. The van der Waals surface area contributed by atoms with Gasteiger partial charge in [-0.15, -0.1) is 0 Å². The van der Waals surface area contributed by atoms with E-state index in [9.17, 15) is 0 Å². The van der Waals surface area contributed by atoms with Crippen LogP contribution < -0.4 is 4.90 Å². The summed E-state index contributed by atoms with van der Waals surface area (Å²) in [7, 11) is 2.15. The molecule has 11 aromatic rings. The monoisotopic (exact) mass is 728 g/mol. The summed E-state index contributed by atoms with van der Waals surface area (Å²) in [4.78, 5) is 7.70. The Balaban J connectivity index is 1.05. The van der Waals surface area contributed by atoms with Crippen molar-refractivity contribution in [2.24, 2.45) is 4.99 Å². The van der Waals surface area contributed by atoms with E-state index < -0.39 is 0 Å². The molecule has 0 amide bonds. The van der Waals surface area contributed by atoms with Crippen molar-refractivity contribution in [3.8, 4) is 11.4 Å². The predicted octanol–water partition coefficient (Wildman–Crippen LogP) is 13.2. The van der Waals surface area contributed by atoms with Crippen LogP contribution >= 0.6 is 0 Å². The fraction of sp³-hybridized carbons (Fsp3) is 0.0377. The lowest BCUT2D eigenvalue weighted by molar-refractivity contribution is 0.700. The van der Waals surface area contributed by atoms with Crippen molar-refractivity contribution in [3.05, 3.63) is 211 Å². The number of aromatic nitrogens is 2. The molecule has 1 unspecified atom stereocenters. The van der Waals surface area contributed by atoms with Crippen LogP contribution in [0.25, 0.3) is 76.5 Å². The Hall–Kier alpha value is -7.43. The molecule has 1 aliphatic rings. The van der Waals surface area contributed by atoms with Gasteiger partial charge in [-0.3, -0.25) is 4.99 Å². The Kier molecular flexibility index (Phi) is 6.87. The molecule has 1 atom stereocenters. The number of benzene rings is 9. The van der Waals surface area contributed by atoms with Gasteiger partial charge in [-0.1, -0.05) is 133 Å². The molecule has 12 rings (SSSR count). The summed E-state index contributed by atoms with van der Waals surface area (Å²) in [6.07, 6.45) is -0.146. The Morgan fingerprint density at radius 3 is 1.96 bits per heavy atom.